The fraction of sp³-hybridized carbons (Fsp3) is 0.300. The minimum absolute atomic E-state index is 0.0135. The molecule has 0 spiro atoms. The standard InChI is InChI=1S/C20H21ClN4O2S/c21-15-6-7-17-18(12-15)27-20(28)25(17)14-24-10-8-23(9-11-24)13-19(26)22-16-4-2-1-3-5-16/h1-7,12H,8-11,13-14H2,(H,22,26). The van der Waals surface area contributed by atoms with Crippen LogP contribution in [0.2, 0.25) is 5.02 Å². The molecule has 1 aliphatic rings. The second-order valence-electron chi connectivity index (χ2n) is 6.86. The van der Waals surface area contributed by atoms with Crippen molar-refractivity contribution in [2.45, 2.75) is 6.67 Å². The van der Waals surface area contributed by atoms with Crippen molar-refractivity contribution in [3.63, 3.8) is 0 Å². The van der Waals surface area contributed by atoms with Crippen molar-refractivity contribution in [1.29, 1.82) is 0 Å². The van der Waals surface area contributed by atoms with Gasteiger partial charge >= 0.3 is 0 Å². The zero-order valence-corrected chi connectivity index (χ0v) is 16.9. The average Bonchev–Trinajstić information content (AvgIpc) is 2.98. The zero-order chi connectivity index (χ0) is 19.5. The third kappa shape index (κ3) is 4.44. The van der Waals surface area contributed by atoms with E-state index < -0.39 is 0 Å². The minimum atomic E-state index is 0.0135. The summed E-state index contributed by atoms with van der Waals surface area (Å²) in [5.74, 6) is 0.0135. The number of para-hydroxylation sites is 1. The van der Waals surface area contributed by atoms with Crippen molar-refractivity contribution in [2.75, 3.05) is 38.0 Å². The normalized spacial score (nSPS) is 15.8. The van der Waals surface area contributed by atoms with Crippen molar-refractivity contribution < 1.29 is 9.21 Å². The van der Waals surface area contributed by atoms with Crippen molar-refractivity contribution in [2.24, 2.45) is 0 Å². The van der Waals surface area contributed by atoms with Gasteiger partial charge in [0.25, 0.3) is 4.84 Å². The number of halogens is 1. The van der Waals surface area contributed by atoms with E-state index in [0.717, 1.165) is 37.4 Å². The van der Waals surface area contributed by atoms with Gasteiger partial charge in [0.1, 0.15) is 0 Å². The van der Waals surface area contributed by atoms with Crippen LogP contribution in [0.15, 0.2) is 52.9 Å². The van der Waals surface area contributed by atoms with Crippen molar-refractivity contribution >= 4 is 46.5 Å². The van der Waals surface area contributed by atoms with Crippen LogP contribution in [0.1, 0.15) is 0 Å². The molecule has 1 saturated heterocycles. The molecule has 0 atom stereocenters. The molecular formula is C20H21ClN4O2S. The second kappa shape index (κ2) is 8.45. The van der Waals surface area contributed by atoms with Gasteiger partial charge in [-0.15, -0.1) is 0 Å². The topological polar surface area (TPSA) is 53.7 Å². The van der Waals surface area contributed by atoms with Gasteiger partial charge in [0.2, 0.25) is 5.91 Å². The Morgan fingerprint density at radius 2 is 1.79 bits per heavy atom. The van der Waals surface area contributed by atoms with Gasteiger partial charge in [0.15, 0.2) is 5.58 Å². The maximum absolute atomic E-state index is 12.2. The first-order chi connectivity index (χ1) is 13.6. The quantitative estimate of drug-likeness (QED) is 0.640. The molecule has 0 unspecified atom stereocenters. The van der Waals surface area contributed by atoms with Crippen LogP contribution >= 0.6 is 23.8 Å². The van der Waals surface area contributed by atoms with E-state index >= 15 is 0 Å². The summed E-state index contributed by atoms with van der Waals surface area (Å²) in [6.45, 7) is 4.45. The fourth-order valence-electron chi connectivity index (χ4n) is 3.39. The molecule has 1 aliphatic heterocycles. The van der Waals surface area contributed by atoms with Crippen molar-refractivity contribution in [3.8, 4) is 0 Å². The number of hydrogen-bond donors (Lipinski definition) is 1. The number of amides is 1. The van der Waals surface area contributed by atoms with E-state index in [1.165, 1.54) is 0 Å². The third-order valence-corrected chi connectivity index (χ3v) is 5.40. The number of benzene rings is 2. The largest absolute Gasteiger partial charge is 0.429 e. The van der Waals surface area contributed by atoms with Crippen LogP contribution in [0.25, 0.3) is 11.1 Å². The molecule has 1 N–H and O–H groups in total. The van der Waals surface area contributed by atoms with Crippen LogP contribution in [0.4, 0.5) is 5.69 Å². The summed E-state index contributed by atoms with van der Waals surface area (Å²) in [6.07, 6.45) is 0. The fourth-order valence-corrected chi connectivity index (χ4v) is 3.80. The Kier molecular flexibility index (Phi) is 5.77. The summed E-state index contributed by atoms with van der Waals surface area (Å²) in [5.41, 5.74) is 2.47. The summed E-state index contributed by atoms with van der Waals surface area (Å²) in [4.78, 5) is 17.2. The summed E-state index contributed by atoms with van der Waals surface area (Å²) in [7, 11) is 0. The van der Waals surface area contributed by atoms with Gasteiger partial charge in [-0.1, -0.05) is 29.8 Å². The number of rotatable bonds is 5. The Bertz CT molecular complexity index is 1030. The van der Waals surface area contributed by atoms with Gasteiger partial charge in [-0.3, -0.25) is 19.2 Å². The van der Waals surface area contributed by atoms with Crippen LogP contribution in [0, 0.1) is 4.84 Å². The predicted molar refractivity (Wildman–Crippen MR) is 113 cm³/mol. The highest BCUT2D eigenvalue weighted by molar-refractivity contribution is 7.71. The first kappa shape index (κ1) is 19.1. The van der Waals surface area contributed by atoms with Crippen LogP contribution in [0.3, 0.4) is 0 Å². The number of oxazole rings is 1. The van der Waals surface area contributed by atoms with Crippen LogP contribution < -0.4 is 5.32 Å². The molecule has 1 amide bonds. The minimum Gasteiger partial charge on any atom is -0.429 e. The smallest absolute Gasteiger partial charge is 0.270 e. The van der Waals surface area contributed by atoms with E-state index in [-0.39, 0.29) is 5.91 Å². The third-order valence-electron chi connectivity index (χ3n) is 4.86. The van der Waals surface area contributed by atoms with E-state index in [1.807, 2.05) is 47.0 Å². The van der Waals surface area contributed by atoms with Gasteiger partial charge in [0.05, 0.1) is 18.7 Å². The summed E-state index contributed by atoms with van der Waals surface area (Å²) in [5, 5.41) is 3.56. The number of nitrogens with one attached hydrogen (secondary N) is 1. The summed E-state index contributed by atoms with van der Waals surface area (Å²) in [6, 6.07) is 15.1. The van der Waals surface area contributed by atoms with Crippen molar-refractivity contribution in [3.05, 3.63) is 58.4 Å². The number of carbonyl (C=O) groups is 1. The van der Waals surface area contributed by atoms with Gasteiger partial charge in [-0.05, 0) is 36.5 Å². The Morgan fingerprint density at radius 3 is 2.54 bits per heavy atom. The molecule has 2 aromatic carbocycles. The van der Waals surface area contributed by atoms with E-state index in [9.17, 15) is 4.79 Å². The predicted octanol–water partition coefficient (Wildman–Crippen LogP) is 3.83. The Morgan fingerprint density at radius 1 is 1.07 bits per heavy atom. The monoisotopic (exact) mass is 416 g/mol. The van der Waals surface area contributed by atoms with E-state index in [2.05, 4.69) is 15.1 Å². The molecule has 1 fully saturated rings. The van der Waals surface area contributed by atoms with E-state index in [4.69, 9.17) is 28.2 Å². The average molecular weight is 417 g/mol. The van der Waals surface area contributed by atoms with Gasteiger partial charge < -0.3 is 9.73 Å². The molecule has 0 bridgehead atoms. The summed E-state index contributed by atoms with van der Waals surface area (Å²) >= 11 is 11.4. The number of hydrogen-bond acceptors (Lipinski definition) is 5. The molecular weight excluding hydrogens is 396 g/mol. The zero-order valence-electron chi connectivity index (χ0n) is 15.3. The number of piperazine rings is 1. The number of anilines is 1. The molecule has 3 aromatic rings. The Balaban J connectivity index is 1.32. The van der Waals surface area contributed by atoms with Gasteiger partial charge in [-0.2, -0.15) is 0 Å². The van der Waals surface area contributed by atoms with Crippen LogP contribution in [-0.2, 0) is 11.5 Å². The SMILES string of the molecule is O=C(CN1CCN(Cn2c(=S)oc3cc(Cl)ccc32)CC1)Nc1ccccc1. The molecule has 4 rings (SSSR count). The van der Waals surface area contributed by atoms with Gasteiger partial charge in [-0.25, -0.2) is 0 Å². The lowest BCUT2D eigenvalue weighted by molar-refractivity contribution is -0.117. The first-order valence-electron chi connectivity index (χ1n) is 9.17. The molecule has 6 nitrogen and oxygen atoms in total. The lowest BCUT2D eigenvalue weighted by Crippen LogP contribution is -2.48. The lowest BCUT2D eigenvalue weighted by atomic mass is 10.3. The van der Waals surface area contributed by atoms with Gasteiger partial charge in [0, 0.05) is 43.0 Å². The van der Waals surface area contributed by atoms with E-state index in [0.29, 0.717) is 28.7 Å². The molecule has 0 saturated carbocycles. The molecule has 146 valence electrons. The number of nitrogens with zero attached hydrogens (tertiary/aromatic N) is 3. The Hall–Kier alpha value is -2.19. The molecule has 0 aliphatic carbocycles. The maximum atomic E-state index is 12.2. The Labute approximate surface area is 173 Å². The maximum Gasteiger partial charge on any atom is 0.270 e. The lowest BCUT2D eigenvalue weighted by Gasteiger charge is -2.34. The first-order valence-corrected chi connectivity index (χ1v) is 9.95. The van der Waals surface area contributed by atoms with Crippen LogP contribution in [-0.4, -0.2) is 53.0 Å². The summed E-state index contributed by atoms with van der Waals surface area (Å²) < 4.78 is 7.64. The van der Waals surface area contributed by atoms with Crippen LogP contribution in [0.5, 0.6) is 0 Å². The number of fused-ring (bicyclic) bond motifs is 1. The molecule has 2 heterocycles. The number of aromatic nitrogens is 1. The van der Waals surface area contributed by atoms with Crippen molar-refractivity contribution in [1.82, 2.24) is 14.4 Å². The highest BCUT2D eigenvalue weighted by Crippen LogP contribution is 2.22. The molecule has 1 aromatic heterocycles. The van der Waals surface area contributed by atoms with E-state index in [1.54, 1.807) is 6.07 Å². The second-order valence-corrected chi connectivity index (χ2v) is 7.64. The molecule has 28 heavy (non-hydrogen) atoms. The highest BCUT2D eigenvalue weighted by atomic mass is 35.5. The highest BCUT2D eigenvalue weighted by Gasteiger charge is 2.20. The molecule has 8 heteroatoms. The number of carbonyl (C=O) groups excluding carboxylic acids is 1. The molecule has 0 radical (unpaired) electrons.